The molecule has 0 aromatic heterocycles. The van der Waals surface area contributed by atoms with Crippen molar-refractivity contribution in [1.29, 1.82) is 5.26 Å². The molecule has 1 saturated heterocycles. The molecule has 2 N–H and O–H groups in total. The second-order valence-corrected chi connectivity index (χ2v) is 5.13. The molecule has 1 heterocycles. The van der Waals surface area contributed by atoms with Gasteiger partial charge >= 0.3 is 0 Å². The van der Waals surface area contributed by atoms with Gasteiger partial charge in [0.2, 0.25) is 5.91 Å². The van der Waals surface area contributed by atoms with Crippen molar-refractivity contribution in [3.63, 3.8) is 0 Å². The van der Waals surface area contributed by atoms with Crippen LogP contribution in [-0.2, 0) is 4.79 Å². The van der Waals surface area contributed by atoms with Gasteiger partial charge in [-0.25, -0.2) is 0 Å². The smallest absolute Gasteiger partial charge is 0.225 e. The van der Waals surface area contributed by atoms with Crippen molar-refractivity contribution in [2.24, 2.45) is 5.92 Å². The van der Waals surface area contributed by atoms with Crippen LogP contribution >= 0.6 is 0 Å². The molecular weight excluding hydrogens is 254 g/mol. The SMILES string of the molecule is N#Cc1cccc(NC(=O)CCN2CCC(CO)C2)c1. The van der Waals surface area contributed by atoms with Gasteiger partial charge in [-0.05, 0) is 37.1 Å². The summed E-state index contributed by atoms with van der Waals surface area (Å²) in [7, 11) is 0. The Kier molecular flexibility index (Phi) is 5.10. The van der Waals surface area contributed by atoms with Crippen LogP contribution in [0.5, 0.6) is 0 Å². The van der Waals surface area contributed by atoms with Gasteiger partial charge in [0.1, 0.15) is 0 Å². The van der Waals surface area contributed by atoms with Crippen molar-refractivity contribution >= 4 is 11.6 Å². The Hall–Kier alpha value is -1.90. The van der Waals surface area contributed by atoms with Crippen LogP contribution in [-0.4, -0.2) is 42.2 Å². The normalized spacial score (nSPS) is 18.7. The van der Waals surface area contributed by atoms with Crippen molar-refractivity contribution < 1.29 is 9.90 Å². The lowest BCUT2D eigenvalue weighted by molar-refractivity contribution is -0.116. The number of rotatable bonds is 5. The van der Waals surface area contributed by atoms with Crippen molar-refractivity contribution in [1.82, 2.24) is 4.90 Å². The number of hydrogen-bond donors (Lipinski definition) is 2. The summed E-state index contributed by atoms with van der Waals surface area (Å²) >= 11 is 0. The maximum absolute atomic E-state index is 11.8. The van der Waals surface area contributed by atoms with E-state index in [-0.39, 0.29) is 12.5 Å². The number of nitrogens with one attached hydrogen (secondary N) is 1. The number of hydrogen-bond acceptors (Lipinski definition) is 4. The summed E-state index contributed by atoms with van der Waals surface area (Å²) in [5.74, 6) is 0.304. The number of nitrogens with zero attached hydrogens (tertiary/aromatic N) is 2. The summed E-state index contributed by atoms with van der Waals surface area (Å²) in [5, 5.41) is 20.7. The van der Waals surface area contributed by atoms with Gasteiger partial charge in [0, 0.05) is 31.8 Å². The summed E-state index contributed by atoms with van der Waals surface area (Å²) < 4.78 is 0. The number of likely N-dealkylation sites (tertiary alicyclic amines) is 1. The molecule has 5 heteroatoms. The molecule has 1 aliphatic rings. The first kappa shape index (κ1) is 14.5. The molecule has 106 valence electrons. The minimum Gasteiger partial charge on any atom is -0.396 e. The molecule has 1 atom stereocenters. The van der Waals surface area contributed by atoms with Gasteiger partial charge < -0.3 is 15.3 Å². The summed E-state index contributed by atoms with van der Waals surface area (Å²) in [4.78, 5) is 14.1. The second kappa shape index (κ2) is 7.04. The predicted octanol–water partition coefficient (Wildman–Crippen LogP) is 1.20. The quantitative estimate of drug-likeness (QED) is 0.845. The third-order valence-electron chi connectivity index (χ3n) is 3.56. The Labute approximate surface area is 118 Å². The number of nitriles is 1. The topological polar surface area (TPSA) is 76.4 Å². The van der Waals surface area contributed by atoms with E-state index < -0.39 is 0 Å². The zero-order chi connectivity index (χ0) is 14.4. The van der Waals surface area contributed by atoms with E-state index in [1.807, 2.05) is 6.07 Å². The Morgan fingerprint density at radius 3 is 3.10 bits per heavy atom. The molecule has 20 heavy (non-hydrogen) atoms. The Morgan fingerprint density at radius 2 is 2.40 bits per heavy atom. The maximum atomic E-state index is 11.8. The van der Waals surface area contributed by atoms with Crippen molar-refractivity contribution in [3.8, 4) is 6.07 Å². The lowest BCUT2D eigenvalue weighted by Gasteiger charge is -2.15. The van der Waals surface area contributed by atoms with Crippen LogP contribution in [0, 0.1) is 17.2 Å². The number of carbonyl (C=O) groups excluding carboxylic acids is 1. The predicted molar refractivity (Wildman–Crippen MR) is 76.0 cm³/mol. The minimum absolute atomic E-state index is 0.0486. The third kappa shape index (κ3) is 4.05. The van der Waals surface area contributed by atoms with Crippen LogP contribution in [0.1, 0.15) is 18.4 Å². The van der Waals surface area contributed by atoms with E-state index in [9.17, 15) is 4.79 Å². The number of benzene rings is 1. The van der Waals surface area contributed by atoms with E-state index in [0.29, 0.717) is 30.1 Å². The molecule has 1 fully saturated rings. The van der Waals surface area contributed by atoms with Gasteiger partial charge in [-0.2, -0.15) is 5.26 Å². The van der Waals surface area contributed by atoms with E-state index in [2.05, 4.69) is 10.2 Å². The van der Waals surface area contributed by atoms with Crippen LogP contribution < -0.4 is 5.32 Å². The number of aliphatic hydroxyl groups is 1. The molecule has 2 rings (SSSR count). The first-order valence-electron chi connectivity index (χ1n) is 6.84. The van der Waals surface area contributed by atoms with Crippen LogP contribution in [0.25, 0.3) is 0 Å². The van der Waals surface area contributed by atoms with E-state index >= 15 is 0 Å². The highest BCUT2D eigenvalue weighted by molar-refractivity contribution is 5.90. The van der Waals surface area contributed by atoms with Crippen LogP contribution in [0.3, 0.4) is 0 Å². The molecule has 0 saturated carbocycles. The molecule has 0 bridgehead atoms. The molecule has 5 nitrogen and oxygen atoms in total. The number of aliphatic hydroxyl groups excluding tert-OH is 1. The highest BCUT2D eigenvalue weighted by atomic mass is 16.3. The Balaban J connectivity index is 1.77. The molecule has 1 aromatic carbocycles. The number of anilines is 1. The zero-order valence-electron chi connectivity index (χ0n) is 11.4. The summed E-state index contributed by atoms with van der Waals surface area (Å²) in [5.41, 5.74) is 1.19. The molecule has 0 spiro atoms. The van der Waals surface area contributed by atoms with Gasteiger partial charge in [0.05, 0.1) is 11.6 Å². The second-order valence-electron chi connectivity index (χ2n) is 5.13. The van der Waals surface area contributed by atoms with Crippen LogP contribution in [0.15, 0.2) is 24.3 Å². The van der Waals surface area contributed by atoms with E-state index in [0.717, 1.165) is 19.5 Å². The molecule has 1 aromatic rings. The average Bonchev–Trinajstić information content (AvgIpc) is 2.93. The number of amides is 1. The molecule has 1 aliphatic heterocycles. The van der Waals surface area contributed by atoms with E-state index in [1.165, 1.54) is 0 Å². The largest absolute Gasteiger partial charge is 0.396 e. The first-order valence-corrected chi connectivity index (χ1v) is 6.84. The lowest BCUT2D eigenvalue weighted by Crippen LogP contribution is -2.26. The number of carbonyl (C=O) groups is 1. The summed E-state index contributed by atoms with van der Waals surface area (Å²) in [6.07, 6.45) is 1.43. The molecule has 1 amide bonds. The average molecular weight is 273 g/mol. The van der Waals surface area contributed by atoms with Crippen molar-refractivity contribution in [2.45, 2.75) is 12.8 Å². The lowest BCUT2D eigenvalue weighted by atomic mass is 10.1. The van der Waals surface area contributed by atoms with Gasteiger partial charge in [0.25, 0.3) is 0 Å². The van der Waals surface area contributed by atoms with Crippen molar-refractivity contribution in [2.75, 3.05) is 31.6 Å². The van der Waals surface area contributed by atoms with E-state index in [1.54, 1.807) is 24.3 Å². The molecule has 0 radical (unpaired) electrons. The molecule has 0 aliphatic carbocycles. The fourth-order valence-electron chi connectivity index (χ4n) is 2.41. The Bertz CT molecular complexity index is 510. The third-order valence-corrected chi connectivity index (χ3v) is 3.56. The van der Waals surface area contributed by atoms with E-state index in [4.69, 9.17) is 10.4 Å². The monoisotopic (exact) mass is 273 g/mol. The van der Waals surface area contributed by atoms with Gasteiger partial charge in [-0.15, -0.1) is 0 Å². The van der Waals surface area contributed by atoms with Gasteiger partial charge in [-0.3, -0.25) is 4.79 Å². The van der Waals surface area contributed by atoms with Crippen LogP contribution in [0.4, 0.5) is 5.69 Å². The van der Waals surface area contributed by atoms with Gasteiger partial charge in [0.15, 0.2) is 0 Å². The van der Waals surface area contributed by atoms with Crippen molar-refractivity contribution in [3.05, 3.63) is 29.8 Å². The molecular formula is C15H19N3O2. The van der Waals surface area contributed by atoms with Gasteiger partial charge in [-0.1, -0.05) is 6.07 Å². The highest BCUT2D eigenvalue weighted by Gasteiger charge is 2.21. The first-order chi connectivity index (χ1) is 9.71. The maximum Gasteiger partial charge on any atom is 0.225 e. The van der Waals surface area contributed by atoms with Crippen LogP contribution in [0.2, 0.25) is 0 Å². The summed E-state index contributed by atoms with van der Waals surface area (Å²) in [6, 6.07) is 8.94. The molecule has 1 unspecified atom stereocenters. The Morgan fingerprint density at radius 1 is 1.55 bits per heavy atom. The fourth-order valence-corrected chi connectivity index (χ4v) is 2.41. The summed E-state index contributed by atoms with van der Waals surface area (Å²) in [6.45, 7) is 2.75. The standard InChI is InChI=1S/C15H19N3O2/c16-9-12-2-1-3-14(8-12)17-15(20)5-7-18-6-4-13(10-18)11-19/h1-3,8,13,19H,4-7,10-11H2,(H,17,20). The minimum atomic E-state index is -0.0486. The highest BCUT2D eigenvalue weighted by Crippen LogP contribution is 2.15. The zero-order valence-corrected chi connectivity index (χ0v) is 11.4. The fraction of sp³-hybridized carbons (Fsp3) is 0.467.